The highest BCUT2D eigenvalue weighted by Crippen LogP contribution is 2.35. The van der Waals surface area contributed by atoms with E-state index in [-0.39, 0.29) is 11.6 Å². The first-order valence-electron chi connectivity index (χ1n) is 6.90. The van der Waals surface area contributed by atoms with E-state index in [4.69, 9.17) is 4.74 Å². The number of likely N-dealkylation sites (N-methyl/N-ethyl adjacent to an activating group) is 2. The van der Waals surface area contributed by atoms with Crippen LogP contribution in [0.15, 0.2) is 18.3 Å². The summed E-state index contributed by atoms with van der Waals surface area (Å²) in [6.07, 6.45) is 2.85. The number of nitrogens with zero attached hydrogens (tertiary/aromatic N) is 2. The van der Waals surface area contributed by atoms with Gasteiger partial charge in [-0.05, 0) is 46.1 Å². The molecule has 4 heteroatoms. The first kappa shape index (κ1) is 15.9. The number of pyridine rings is 1. The van der Waals surface area contributed by atoms with Crippen LogP contribution in [0.3, 0.4) is 0 Å². The maximum atomic E-state index is 5.47. The highest BCUT2D eigenvalue weighted by molar-refractivity contribution is 5.32. The molecule has 1 heterocycles. The van der Waals surface area contributed by atoms with E-state index in [1.54, 1.807) is 7.11 Å². The van der Waals surface area contributed by atoms with Gasteiger partial charge in [-0.25, -0.2) is 0 Å². The summed E-state index contributed by atoms with van der Waals surface area (Å²) >= 11 is 0. The van der Waals surface area contributed by atoms with Crippen LogP contribution in [0.5, 0.6) is 5.75 Å². The van der Waals surface area contributed by atoms with Crippen LogP contribution in [-0.2, 0) is 0 Å². The van der Waals surface area contributed by atoms with Crippen molar-refractivity contribution in [2.24, 2.45) is 0 Å². The summed E-state index contributed by atoms with van der Waals surface area (Å²) in [7, 11) is 5.93. The lowest BCUT2D eigenvalue weighted by atomic mass is 9.85. The zero-order valence-corrected chi connectivity index (χ0v) is 13.0. The Morgan fingerprint density at radius 2 is 2.11 bits per heavy atom. The van der Waals surface area contributed by atoms with Crippen LogP contribution >= 0.6 is 0 Å². The van der Waals surface area contributed by atoms with Gasteiger partial charge in [0, 0.05) is 11.7 Å². The van der Waals surface area contributed by atoms with Gasteiger partial charge in [0.2, 0.25) is 0 Å². The quantitative estimate of drug-likeness (QED) is 0.822. The molecule has 0 saturated heterocycles. The molecule has 2 atom stereocenters. The molecule has 2 unspecified atom stereocenters. The van der Waals surface area contributed by atoms with Gasteiger partial charge < -0.3 is 15.0 Å². The van der Waals surface area contributed by atoms with Crippen molar-refractivity contribution in [1.82, 2.24) is 15.2 Å². The predicted molar refractivity (Wildman–Crippen MR) is 79.6 cm³/mol. The van der Waals surface area contributed by atoms with E-state index >= 15 is 0 Å². The lowest BCUT2D eigenvalue weighted by Gasteiger charge is -2.43. The summed E-state index contributed by atoms with van der Waals surface area (Å²) in [5.41, 5.74) is 0.961. The maximum Gasteiger partial charge on any atom is 0.142 e. The molecule has 0 radical (unpaired) electrons. The molecular formula is C15H27N3O. The molecule has 0 saturated carbocycles. The zero-order valence-electron chi connectivity index (χ0n) is 13.0. The molecule has 0 fully saturated rings. The van der Waals surface area contributed by atoms with Crippen molar-refractivity contribution in [1.29, 1.82) is 0 Å². The molecule has 0 aliphatic rings. The largest absolute Gasteiger partial charge is 0.495 e. The molecule has 4 nitrogen and oxygen atoms in total. The molecule has 0 amide bonds. The number of rotatable bonds is 7. The number of ether oxygens (including phenoxy) is 1. The van der Waals surface area contributed by atoms with Crippen LogP contribution < -0.4 is 10.1 Å². The standard InChI is InChI=1S/C15H27N3O/c1-7-15(3,18(4)5)14(16-8-2)13-12(19-6)10-9-11-17-13/h9-11,14,16H,7-8H2,1-6H3. The van der Waals surface area contributed by atoms with Crippen LogP contribution in [0, 0.1) is 0 Å². The fraction of sp³-hybridized carbons (Fsp3) is 0.667. The highest BCUT2D eigenvalue weighted by Gasteiger charge is 2.37. The first-order chi connectivity index (χ1) is 9.01. The van der Waals surface area contributed by atoms with Gasteiger partial charge in [0.1, 0.15) is 11.4 Å². The van der Waals surface area contributed by atoms with Gasteiger partial charge >= 0.3 is 0 Å². The van der Waals surface area contributed by atoms with Crippen LogP contribution in [-0.4, -0.2) is 43.2 Å². The predicted octanol–water partition coefficient (Wildman–Crippen LogP) is 2.47. The Balaban J connectivity index is 3.26. The minimum absolute atomic E-state index is 0.0162. The van der Waals surface area contributed by atoms with Gasteiger partial charge in [0.15, 0.2) is 0 Å². The van der Waals surface area contributed by atoms with Crippen LogP contribution in [0.25, 0.3) is 0 Å². The maximum absolute atomic E-state index is 5.47. The van der Waals surface area contributed by atoms with E-state index in [0.29, 0.717) is 0 Å². The normalized spacial score (nSPS) is 16.2. The molecule has 1 aromatic heterocycles. The van der Waals surface area contributed by atoms with Crippen molar-refractivity contribution < 1.29 is 4.74 Å². The van der Waals surface area contributed by atoms with Gasteiger partial charge in [-0.15, -0.1) is 0 Å². The minimum Gasteiger partial charge on any atom is -0.495 e. The third-order valence-electron chi connectivity index (χ3n) is 4.06. The third kappa shape index (κ3) is 3.25. The Morgan fingerprint density at radius 3 is 2.58 bits per heavy atom. The lowest BCUT2D eigenvalue weighted by molar-refractivity contribution is 0.110. The number of hydrogen-bond donors (Lipinski definition) is 1. The number of hydrogen-bond acceptors (Lipinski definition) is 4. The average molecular weight is 265 g/mol. The summed E-state index contributed by atoms with van der Waals surface area (Å²) in [4.78, 5) is 6.81. The van der Waals surface area contributed by atoms with E-state index in [0.717, 1.165) is 24.4 Å². The fourth-order valence-corrected chi connectivity index (χ4v) is 2.39. The van der Waals surface area contributed by atoms with E-state index in [1.165, 1.54) is 0 Å². The van der Waals surface area contributed by atoms with Crippen molar-refractivity contribution in [2.75, 3.05) is 27.7 Å². The summed E-state index contributed by atoms with van der Waals surface area (Å²) in [5.74, 6) is 0.843. The van der Waals surface area contributed by atoms with Gasteiger partial charge in [0.25, 0.3) is 0 Å². The molecule has 108 valence electrons. The van der Waals surface area contributed by atoms with E-state index in [2.05, 4.69) is 50.1 Å². The number of nitrogens with one attached hydrogen (secondary N) is 1. The van der Waals surface area contributed by atoms with Crippen LogP contribution in [0.1, 0.15) is 38.9 Å². The second-order valence-electron chi connectivity index (χ2n) is 5.19. The van der Waals surface area contributed by atoms with E-state index in [1.807, 2.05) is 18.3 Å². The topological polar surface area (TPSA) is 37.4 Å². The smallest absolute Gasteiger partial charge is 0.142 e. The molecule has 0 spiro atoms. The van der Waals surface area contributed by atoms with Gasteiger partial charge in [-0.2, -0.15) is 0 Å². The zero-order chi connectivity index (χ0) is 14.5. The molecule has 0 aliphatic carbocycles. The monoisotopic (exact) mass is 265 g/mol. The van der Waals surface area contributed by atoms with Crippen molar-refractivity contribution >= 4 is 0 Å². The first-order valence-corrected chi connectivity index (χ1v) is 6.90. The summed E-state index contributed by atoms with van der Waals surface area (Å²) in [6, 6.07) is 4.01. The Kier molecular flexibility index (Phi) is 5.76. The number of methoxy groups -OCH3 is 1. The van der Waals surface area contributed by atoms with Crippen LogP contribution in [0.4, 0.5) is 0 Å². The SMILES string of the molecule is CCNC(c1ncccc1OC)C(C)(CC)N(C)C. The van der Waals surface area contributed by atoms with Crippen molar-refractivity contribution in [3.05, 3.63) is 24.0 Å². The Bertz CT molecular complexity index is 395. The molecule has 1 rings (SSSR count). The Hall–Kier alpha value is -1.13. The highest BCUT2D eigenvalue weighted by atomic mass is 16.5. The van der Waals surface area contributed by atoms with E-state index in [9.17, 15) is 0 Å². The van der Waals surface area contributed by atoms with Crippen molar-refractivity contribution in [3.63, 3.8) is 0 Å². The van der Waals surface area contributed by atoms with Gasteiger partial charge in [0.05, 0.1) is 13.2 Å². The fourth-order valence-electron chi connectivity index (χ4n) is 2.39. The molecule has 1 aromatic rings. The van der Waals surface area contributed by atoms with E-state index < -0.39 is 0 Å². The molecule has 0 bridgehead atoms. The molecular weight excluding hydrogens is 238 g/mol. The Morgan fingerprint density at radius 1 is 1.42 bits per heavy atom. The minimum atomic E-state index is -0.0162. The van der Waals surface area contributed by atoms with Gasteiger partial charge in [-0.3, -0.25) is 4.98 Å². The molecule has 0 aliphatic heterocycles. The van der Waals surface area contributed by atoms with Crippen molar-refractivity contribution in [3.8, 4) is 5.75 Å². The molecule has 0 aromatic carbocycles. The van der Waals surface area contributed by atoms with Crippen molar-refractivity contribution in [2.45, 2.75) is 38.8 Å². The summed E-state index contributed by atoms with van der Waals surface area (Å²) in [6.45, 7) is 7.48. The second kappa shape index (κ2) is 6.87. The van der Waals surface area contributed by atoms with Gasteiger partial charge in [-0.1, -0.05) is 13.8 Å². The van der Waals surface area contributed by atoms with Crippen LogP contribution in [0.2, 0.25) is 0 Å². The summed E-state index contributed by atoms with van der Waals surface area (Å²) in [5, 5.41) is 3.56. The average Bonchev–Trinajstić information content (AvgIpc) is 2.43. The Labute approximate surface area is 117 Å². The molecule has 1 N–H and O–H groups in total. The molecule has 19 heavy (non-hydrogen) atoms. The third-order valence-corrected chi connectivity index (χ3v) is 4.06. The second-order valence-corrected chi connectivity index (χ2v) is 5.19. The number of aromatic nitrogens is 1. The summed E-state index contributed by atoms with van der Waals surface area (Å²) < 4.78 is 5.47. The lowest BCUT2D eigenvalue weighted by Crippen LogP contribution is -2.51.